The van der Waals surface area contributed by atoms with E-state index in [9.17, 15) is 9.65 Å². The quantitative estimate of drug-likeness (QED) is 0.776. The van der Waals surface area contributed by atoms with Gasteiger partial charge in [-0.1, -0.05) is 12.1 Å². The van der Waals surface area contributed by atoms with Crippen molar-refractivity contribution in [1.29, 1.82) is 5.26 Å². The summed E-state index contributed by atoms with van der Waals surface area (Å²) in [5.41, 5.74) is 8.43. The van der Waals surface area contributed by atoms with Gasteiger partial charge >= 0.3 is 0 Å². The summed E-state index contributed by atoms with van der Waals surface area (Å²) in [4.78, 5) is 8.73. The molecule has 0 spiro atoms. The number of nitriles is 1. The second-order valence-corrected chi connectivity index (χ2v) is 6.54. The fourth-order valence-corrected chi connectivity index (χ4v) is 3.70. The van der Waals surface area contributed by atoms with Crippen molar-refractivity contribution in [1.82, 2.24) is 14.5 Å². The van der Waals surface area contributed by atoms with Crippen molar-refractivity contribution in [3.8, 4) is 17.5 Å². The average Bonchev–Trinajstić information content (AvgIpc) is 3.00. The van der Waals surface area contributed by atoms with E-state index in [4.69, 9.17) is 5.73 Å². The Balaban J connectivity index is 1.97. The highest BCUT2D eigenvalue weighted by atomic mass is 19.1. The van der Waals surface area contributed by atoms with Crippen molar-refractivity contribution in [2.75, 3.05) is 0 Å². The van der Waals surface area contributed by atoms with E-state index in [1.807, 2.05) is 0 Å². The highest BCUT2D eigenvalue weighted by Gasteiger charge is 2.26. The zero-order valence-corrected chi connectivity index (χ0v) is 13.7. The number of fused-ring (bicyclic) bond motifs is 1. The highest BCUT2D eigenvalue weighted by Crippen LogP contribution is 2.36. The summed E-state index contributed by atoms with van der Waals surface area (Å²) in [5.74, 6) is 0.261. The van der Waals surface area contributed by atoms with Gasteiger partial charge in [-0.15, -0.1) is 0 Å². The summed E-state index contributed by atoms with van der Waals surface area (Å²) >= 11 is 0. The number of aromatic nitrogens is 3. The Bertz CT molecular complexity index is 972. The SMILES string of the molecule is N#Cc1cc2c(cn1)nc(-c1ccccc1F)n2C1CCCC(N)C1. The minimum absolute atomic E-state index is 0.127. The van der Waals surface area contributed by atoms with Gasteiger partial charge in [-0.3, -0.25) is 0 Å². The highest BCUT2D eigenvalue weighted by molar-refractivity contribution is 5.81. The van der Waals surface area contributed by atoms with Gasteiger partial charge in [0.05, 0.1) is 17.3 Å². The van der Waals surface area contributed by atoms with Crippen molar-refractivity contribution < 1.29 is 4.39 Å². The van der Waals surface area contributed by atoms with Gasteiger partial charge in [-0.05, 0) is 37.8 Å². The summed E-state index contributed by atoms with van der Waals surface area (Å²) in [6, 6.07) is 10.7. The molecule has 2 unspecified atom stereocenters. The second-order valence-electron chi connectivity index (χ2n) is 6.54. The molecule has 4 rings (SSSR count). The van der Waals surface area contributed by atoms with Gasteiger partial charge in [0.15, 0.2) is 0 Å². The standard InChI is InChI=1S/C19H18FN5/c20-16-7-2-1-6-15(16)19-24-17-11-23-13(10-21)9-18(17)25(19)14-5-3-4-12(22)8-14/h1-2,6-7,9,11-12,14H,3-5,8,22H2. The summed E-state index contributed by atoms with van der Waals surface area (Å²) in [5, 5.41) is 9.19. The van der Waals surface area contributed by atoms with E-state index >= 15 is 0 Å². The predicted molar refractivity (Wildman–Crippen MR) is 93.1 cm³/mol. The Morgan fingerprint density at radius 3 is 2.88 bits per heavy atom. The topological polar surface area (TPSA) is 80.5 Å². The Hall–Kier alpha value is -2.78. The van der Waals surface area contributed by atoms with Crippen LogP contribution in [0, 0.1) is 17.1 Å². The molecule has 1 aliphatic carbocycles. The van der Waals surface area contributed by atoms with Gasteiger partial charge in [0.1, 0.15) is 28.9 Å². The van der Waals surface area contributed by atoms with E-state index in [0.29, 0.717) is 22.6 Å². The zero-order chi connectivity index (χ0) is 17.4. The van der Waals surface area contributed by atoms with Crippen LogP contribution in [0.3, 0.4) is 0 Å². The molecule has 3 aromatic rings. The minimum Gasteiger partial charge on any atom is -0.328 e. The first-order valence-electron chi connectivity index (χ1n) is 8.46. The molecule has 0 saturated heterocycles. The van der Waals surface area contributed by atoms with Crippen molar-refractivity contribution in [3.63, 3.8) is 0 Å². The number of halogens is 1. The van der Waals surface area contributed by atoms with Gasteiger partial charge in [-0.2, -0.15) is 5.26 Å². The minimum atomic E-state index is -0.312. The molecule has 0 radical (unpaired) electrons. The van der Waals surface area contributed by atoms with Gasteiger partial charge in [0.2, 0.25) is 0 Å². The van der Waals surface area contributed by atoms with E-state index in [0.717, 1.165) is 31.2 Å². The third-order valence-electron chi connectivity index (χ3n) is 4.86. The number of hydrogen-bond donors (Lipinski definition) is 1. The number of pyridine rings is 1. The zero-order valence-electron chi connectivity index (χ0n) is 13.7. The summed E-state index contributed by atoms with van der Waals surface area (Å²) in [6.45, 7) is 0. The lowest BCUT2D eigenvalue weighted by molar-refractivity contribution is 0.327. The van der Waals surface area contributed by atoms with Crippen LogP contribution in [0.1, 0.15) is 37.4 Å². The molecule has 1 fully saturated rings. The van der Waals surface area contributed by atoms with E-state index in [-0.39, 0.29) is 17.9 Å². The van der Waals surface area contributed by atoms with Crippen LogP contribution in [0.4, 0.5) is 4.39 Å². The van der Waals surface area contributed by atoms with Crippen LogP contribution in [-0.2, 0) is 0 Å². The molecule has 1 saturated carbocycles. The molecule has 2 aromatic heterocycles. The van der Waals surface area contributed by atoms with Crippen molar-refractivity contribution in [2.45, 2.75) is 37.8 Å². The first-order valence-corrected chi connectivity index (χ1v) is 8.46. The molecule has 6 heteroatoms. The van der Waals surface area contributed by atoms with Gasteiger partial charge in [-0.25, -0.2) is 14.4 Å². The molecule has 0 bridgehead atoms. The average molecular weight is 335 g/mol. The third-order valence-corrected chi connectivity index (χ3v) is 4.86. The maximum absolute atomic E-state index is 14.4. The molecule has 1 aliphatic rings. The number of benzene rings is 1. The molecular weight excluding hydrogens is 317 g/mol. The maximum Gasteiger partial charge on any atom is 0.144 e. The largest absolute Gasteiger partial charge is 0.328 e. The fourth-order valence-electron chi connectivity index (χ4n) is 3.70. The smallest absolute Gasteiger partial charge is 0.144 e. The van der Waals surface area contributed by atoms with Crippen molar-refractivity contribution >= 4 is 11.0 Å². The molecule has 0 aliphatic heterocycles. The molecule has 5 nitrogen and oxygen atoms in total. The molecule has 1 aromatic carbocycles. The maximum atomic E-state index is 14.4. The van der Waals surface area contributed by atoms with Crippen LogP contribution < -0.4 is 5.73 Å². The Morgan fingerprint density at radius 2 is 2.12 bits per heavy atom. The molecule has 2 N–H and O–H groups in total. The molecule has 0 amide bonds. The lowest BCUT2D eigenvalue weighted by atomic mass is 9.91. The first kappa shape index (κ1) is 15.7. The Morgan fingerprint density at radius 1 is 1.28 bits per heavy atom. The van der Waals surface area contributed by atoms with Crippen molar-refractivity contribution in [3.05, 3.63) is 48.0 Å². The normalized spacial score (nSPS) is 20.5. The Kier molecular flexibility index (Phi) is 3.94. The fraction of sp³-hybridized carbons (Fsp3) is 0.316. The van der Waals surface area contributed by atoms with Gasteiger partial charge in [0, 0.05) is 18.2 Å². The van der Waals surface area contributed by atoms with E-state index in [1.165, 1.54) is 6.07 Å². The molecule has 2 heterocycles. The summed E-state index contributed by atoms with van der Waals surface area (Å²) < 4.78 is 16.5. The molecular formula is C19H18FN5. The summed E-state index contributed by atoms with van der Waals surface area (Å²) in [7, 11) is 0. The first-order chi connectivity index (χ1) is 12.2. The van der Waals surface area contributed by atoms with E-state index < -0.39 is 0 Å². The molecule has 2 atom stereocenters. The van der Waals surface area contributed by atoms with Crippen LogP contribution in [-0.4, -0.2) is 20.6 Å². The van der Waals surface area contributed by atoms with E-state index in [2.05, 4.69) is 20.6 Å². The number of rotatable bonds is 2. The van der Waals surface area contributed by atoms with Crippen LogP contribution in [0.5, 0.6) is 0 Å². The molecule has 25 heavy (non-hydrogen) atoms. The third kappa shape index (κ3) is 2.77. The monoisotopic (exact) mass is 335 g/mol. The summed E-state index contributed by atoms with van der Waals surface area (Å²) in [6.07, 6.45) is 5.39. The van der Waals surface area contributed by atoms with Crippen LogP contribution >= 0.6 is 0 Å². The number of hydrogen-bond acceptors (Lipinski definition) is 4. The van der Waals surface area contributed by atoms with Crippen LogP contribution in [0.25, 0.3) is 22.4 Å². The lowest BCUT2D eigenvalue weighted by Gasteiger charge is -2.29. The van der Waals surface area contributed by atoms with Crippen LogP contribution in [0.15, 0.2) is 36.5 Å². The van der Waals surface area contributed by atoms with Crippen molar-refractivity contribution in [2.24, 2.45) is 5.73 Å². The second kappa shape index (κ2) is 6.26. The number of imidazole rings is 1. The van der Waals surface area contributed by atoms with Crippen LogP contribution in [0.2, 0.25) is 0 Å². The van der Waals surface area contributed by atoms with E-state index in [1.54, 1.807) is 30.5 Å². The van der Waals surface area contributed by atoms with Gasteiger partial charge < -0.3 is 10.3 Å². The predicted octanol–water partition coefficient (Wildman–Crippen LogP) is 3.55. The Labute approximate surface area is 144 Å². The molecule has 126 valence electrons. The van der Waals surface area contributed by atoms with Gasteiger partial charge in [0.25, 0.3) is 0 Å². The number of nitrogens with two attached hydrogens (primary N) is 1. The number of nitrogens with zero attached hydrogens (tertiary/aromatic N) is 4. The lowest BCUT2D eigenvalue weighted by Crippen LogP contribution is -2.29.